The van der Waals surface area contributed by atoms with Crippen LogP contribution >= 0.6 is 11.8 Å². The van der Waals surface area contributed by atoms with Crippen molar-refractivity contribution in [3.8, 4) is 6.07 Å². The van der Waals surface area contributed by atoms with Crippen LogP contribution < -0.4 is 0 Å². The molecule has 1 aromatic heterocycles. The number of thioether (sulfide) groups is 1. The lowest BCUT2D eigenvalue weighted by Crippen LogP contribution is -2.47. The van der Waals surface area contributed by atoms with Gasteiger partial charge in [0.15, 0.2) is 11.9 Å². The summed E-state index contributed by atoms with van der Waals surface area (Å²) in [4.78, 5) is 17.7. The molecular weight excluding hydrogens is 629 g/mol. The zero-order valence-corrected chi connectivity index (χ0v) is 26.4. The molecule has 1 aliphatic rings. The molecule has 12 heteroatoms. The van der Waals surface area contributed by atoms with E-state index in [1.165, 1.54) is 53.4 Å². The third-order valence-electron chi connectivity index (χ3n) is 7.62. The van der Waals surface area contributed by atoms with Crippen LogP contribution in [-0.4, -0.2) is 50.7 Å². The number of rotatable bonds is 11. The summed E-state index contributed by atoms with van der Waals surface area (Å²) in [6.07, 6.45) is 8.64. The number of nitrogens with zero attached hydrogens (tertiary/aromatic N) is 4. The fraction of sp³-hybridized carbons (Fsp3) is 0.257. The third kappa shape index (κ3) is 8.18. The molecule has 242 valence electrons. The Hall–Kier alpha value is -4.70. The second-order valence-corrected chi connectivity index (χ2v) is 12.5. The van der Waals surface area contributed by atoms with E-state index < -0.39 is 40.6 Å². The number of halogens is 3. The first-order valence-electron chi connectivity index (χ1n) is 14.7. The van der Waals surface area contributed by atoms with Crippen molar-refractivity contribution in [1.82, 2.24) is 14.8 Å². The van der Waals surface area contributed by atoms with Gasteiger partial charge in [0, 0.05) is 22.4 Å². The molecule has 0 amide bonds. The van der Waals surface area contributed by atoms with Crippen molar-refractivity contribution in [1.29, 1.82) is 5.26 Å². The van der Waals surface area contributed by atoms with E-state index in [0.29, 0.717) is 16.7 Å². The number of nitriles is 1. The predicted octanol–water partition coefficient (Wildman–Crippen LogP) is 6.76. The zero-order valence-electron chi connectivity index (χ0n) is 25.6. The summed E-state index contributed by atoms with van der Waals surface area (Å²) in [6.45, 7) is 3.99. The van der Waals surface area contributed by atoms with Crippen molar-refractivity contribution in [2.75, 3.05) is 13.2 Å². The number of aryl methyl sites for hydroxylation is 1. The van der Waals surface area contributed by atoms with Gasteiger partial charge < -0.3 is 14.2 Å². The van der Waals surface area contributed by atoms with E-state index in [4.69, 9.17) is 19.5 Å². The summed E-state index contributed by atoms with van der Waals surface area (Å²) < 4.78 is 63.4. The maximum absolute atomic E-state index is 15.6. The lowest BCUT2D eigenvalue weighted by atomic mass is 9.89. The van der Waals surface area contributed by atoms with E-state index in [1.807, 2.05) is 6.07 Å². The second-order valence-electron chi connectivity index (χ2n) is 10.8. The minimum Gasteiger partial charge on any atom is -0.447 e. The van der Waals surface area contributed by atoms with E-state index in [2.05, 4.69) is 10.1 Å². The summed E-state index contributed by atoms with van der Waals surface area (Å²) in [5.74, 6) is -2.81. The van der Waals surface area contributed by atoms with Gasteiger partial charge in [-0.05, 0) is 55.8 Å². The Labute approximate surface area is 274 Å². The summed E-state index contributed by atoms with van der Waals surface area (Å²) in [7, 11) is 0. The Morgan fingerprint density at radius 2 is 1.91 bits per heavy atom. The Morgan fingerprint density at radius 3 is 2.60 bits per heavy atom. The Bertz CT molecular complexity index is 1800. The molecule has 2 heterocycles. The average molecular weight is 661 g/mol. The maximum atomic E-state index is 15.6. The number of aromatic nitrogens is 3. The molecule has 8 nitrogen and oxygen atoms in total. The van der Waals surface area contributed by atoms with Crippen molar-refractivity contribution < 1.29 is 32.2 Å². The molecule has 0 bridgehead atoms. The van der Waals surface area contributed by atoms with Crippen LogP contribution in [0.3, 0.4) is 0 Å². The molecular formula is C35H31F3N4O4S. The van der Waals surface area contributed by atoms with Crippen molar-refractivity contribution in [3.05, 3.63) is 137 Å². The largest absolute Gasteiger partial charge is 0.447 e. The molecule has 47 heavy (non-hydrogen) atoms. The third-order valence-corrected chi connectivity index (χ3v) is 9.07. The molecule has 2 atom stereocenters. The highest BCUT2D eigenvalue weighted by atomic mass is 32.2. The molecule has 1 aliphatic heterocycles. The normalized spacial score (nSPS) is 18.6. The summed E-state index contributed by atoms with van der Waals surface area (Å²) >= 11 is 1.38. The van der Waals surface area contributed by atoms with E-state index in [1.54, 1.807) is 62.4 Å². The summed E-state index contributed by atoms with van der Waals surface area (Å²) in [6, 6.07) is 16.2. The summed E-state index contributed by atoms with van der Waals surface area (Å²) in [5.41, 5.74) is -0.108. The van der Waals surface area contributed by atoms with Gasteiger partial charge in [0.05, 0.1) is 42.2 Å². The molecule has 0 spiro atoms. The van der Waals surface area contributed by atoms with E-state index >= 15 is 4.39 Å². The number of carbonyl (C=O) groups is 1. The van der Waals surface area contributed by atoms with Crippen molar-refractivity contribution in [2.45, 2.75) is 42.8 Å². The van der Waals surface area contributed by atoms with Gasteiger partial charge in [0.25, 0.3) is 0 Å². The second kappa shape index (κ2) is 15.3. The highest BCUT2D eigenvalue weighted by Gasteiger charge is 2.47. The van der Waals surface area contributed by atoms with Gasteiger partial charge in [-0.3, -0.25) is 0 Å². The van der Waals surface area contributed by atoms with Gasteiger partial charge in [0.1, 0.15) is 30.1 Å². The number of hydrogen-bond donors (Lipinski definition) is 0. The zero-order chi connectivity index (χ0) is 33.4. The number of carbonyl (C=O) groups excluding carboxylic acids is 1. The topological polar surface area (TPSA) is 99.3 Å². The Balaban J connectivity index is 1.34. The minimum atomic E-state index is -1.65. The van der Waals surface area contributed by atoms with Crippen LogP contribution in [0.4, 0.5) is 13.2 Å². The molecule has 0 aliphatic carbocycles. The van der Waals surface area contributed by atoms with Crippen LogP contribution in [0.25, 0.3) is 6.08 Å². The lowest BCUT2D eigenvalue weighted by molar-refractivity contribution is -0.146. The summed E-state index contributed by atoms with van der Waals surface area (Å²) in [5, 5.41) is 12.2. The van der Waals surface area contributed by atoms with Crippen molar-refractivity contribution in [3.63, 3.8) is 0 Å². The van der Waals surface area contributed by atoms with Gasteiger partial charge in [-0.25, -0.2) is 27.6 Å². The van der Waals surface area contributed by atoms with Gasteiger partial charge in [-0.15, -0.1) is 11.8 Å². The molecule has 0 unspecified atom stereocenters. The molecule has 5 rings (SSSR count). The number of ether oxygens (including phenoxy) is 3. The first-order chi connectivity index (χ1) is 22.7. The van der Waals surface area contributed by atoms with E-state index in [9.17, 15) is 13.6 Å². The standard InChI is InChI=1S/C35H31F3N4O4S/c1-23-7-3-5-9-29(23)34(43)46-35(20-42-22-40-21-41-42,30-14-13-27(36)16-32(30)38)24(2)47-28-18-44-33(45-19-28)10-6-4-8-26-12-11-25(17-39)15-31(26)37/h3-16,21-22,24,28,33H,18-20H2,1-2H3/b8-4+,10-6+/t24-,28?,33?,35-/m1/s1. The van der Waals surface area contributed by atoms with Crippen molar-refractivity contribution in [2.24, 2.45) is 0 Å². The average Bonchev–Trinajstić information content (AvgIpc) is 3.57. The van der Waals surface area contributed by atoms with E-state index in [0.717, 1.165) is 12.1 Å². The Morgan fingerprint density at radius 1 is 1.13 bits per heavy atom. The van der Waals surface area contributed by atoms with Crippen LogP contribution in [0.15, 0.2) is 91.5 Å². The molecule has 1 fully saturated rings. The molecule has 0 radical (unpaired) electrons. The number of hydrogen-bond acceptors (Lipinski definition) is 8. The smallest absolute Gasteiger partial charge is 0.339 e. The first-order valence-corrected chi connectivity index (χ1v) is 15.6. The molecule has 0 N–H and O–H groups in total. The van der Waals surface area contributed by atoms with Gasteiger partial charge in [-0.1, -0.05) is 42.5 Å². The number of benzene rings is 3. The fourth-order valence-corrected chi connectivity index (χ4v) is 6.51. The fourth-order valence-electron chi connectivity index (χ4n) is 5.15. The molecule has 3 aromatic carbocycles. The minimum absolute atomic E-state index is 0.0136. The maximum Gasteiger partial charge on any atom is 0.339 e. The van der Waals surface area contributed by atoms with Crippen LogP contribution in [0.5, 0.6) is 0 Å². The van der Waals surface area contributed by atoms with E-state index in [-0.39, 0.29) is 36.1 Å². The molecule has 4 aromatic rings. The van der Waals surface area contributed by atoms with Crippen LogP contribution in [0.2, 0.25) is 0 Å². The predicted molar refractivity (Wildman–Crippen MR) is 170 cm³/mol. The SMILES string of the molecule is Cc1ccccc1C(=O)O[C@@](Cn1cncn1)(c1ccc(F)cc1F)[C@@H](C)SC1COC(/C=C/C=C/c2ccc(C#N)cc2F)OC1. The highest BCUT2D eigenvalue weighted by molar-refractivity contribution is 8.00. The van der Waals surface area contributed by atoms with Crippen LogP contribution in [0.1, 0.15) is 39.5 Å². The quantitative estimate of drug-likeness (QED) is 0.129. The number of allylic oxidation sites excluding steroid dienone is 2. The highest BCUT2D eigenvalue weighted by Crippen LogP contribution is 2.42. The Kier molecular flexibility index (Phi) is 10.9. The first kappa shape index (κ1) is 33.7. The lowest BCUT2D eigenvalue weighted by Gasteiger charge is -2.40. The van der Waals surface area contributed by atoms with Crippen LogP contribution in [-0.2, 0) is 26.4 Å². The number of esters is 1. The monoisotopic (exact) mass is 660 g/mol. The van der Waals surface area contributed by atoms with Gasteiger partial charge in [-0.2, -0.15) is 10.4 Å². The van der Waals surface area contributed by atoms with Crippen LogP contribution in [0, 0.1) is 35.7 Å². The van der Waals surface area contributed by atoms with Gasteiger partial charge >= 0.3 is 5.97 Å². The molecule has 1 saturated heterocycles. The van der Waals surface area contributed by atoms with Crippen molar-refractivity contribution >= 4 is 23.8 Å². The van der Waals surface area contributed by atoms with Gasteiger partial charge in [0.2, 0.25) is 0 Å². The molecule has 0 saturated carbocycles.